The molecule has 1 aromatic heterocycles. The molecule has 2 fully saturated rings. The molecular formula is C32H34ClF3N4O4S. The van der Waals surface area contributed by atoms with Crippen molar-refractivity contribution in [3.63, 3.8) is 0 Å². The minimum Gasteiger partial charge on any atom is -0.444 e. The van der Waals surface area contributed by atoms with E-state index in [1.54, 1.807) is 30.5 Å². The molecule has 3 amide bonds. The van der Waals surface area contributed by atoms with Crippen molar-refractivity contribution in [2.75, 3.05) is 13.1 Å². The van der Waals surface area contributed by atoms with E-state index in [0.717, 1.165) is 43.5 Å². The number of nitrogens with zero attached hydrogens (tertiary/aromatic N) is 3. The molecule has 240 valence electrons. The number of ether oxygens (including phenoxy) is 1. The smallest absolute Gasteiger partial charge is 0.416 e. The van der Waals surface area contributed by atoms with Gasteiger partial charge in [-0.1, -0.05) is 23.7 Å². The molecule has 1 aliphatic carbocycles. The first-order valence-corrected chi connectivity index (χ1v) is 15.9. The van der Waals surface area contributed by atoms with Crippen LogP contribution in [-0.2, 0) is 22.3 Å². The Kier molecular flexibility index (Phi) is 9.55. The number of thioether (sulfide) groups is 1. The molecule has 0 radical (unpaired) electrons. The van der Waals surface area contributed by atoms with Crippen LogP contribution in [-0.4, -0.2) is 50.6 Å². The van der Waals surface area contributed by atoms with E-state index in [1.165, 1.54) is 21.7 Å². The van der Waals surface area contributed by atoms with Crippen LogP contribution in [0.15, 0.2) is 47.5 Å². The topological polar surface area (TPSA) is 93.5 Å². The Balaban J connectivity index is 1.19. The Morgan fingerprint density at radius 1 is 1.09 bits per heavy atom. The van der Waals surface area contributed by atoms with Gasteiger partial charge in [0.1, 0.15) is 5.60 Å². The summed E-state index contributed by atoms with van der Waals surface area (Å²) in [5, 5.41) is 7.50. The molecule has 1 saturated carbocycles. The average Bonchev–Trinajstić information content (AvgIpc) is 3.47. The summed E-state index contributed by atoms with van der Waals surface area (Å²) in [6, 6.07) is 8.93. The normalized spacial score (nSPS) is 20.3. The molecule has 2 aromatic carbocycles. The molecule has 0 atom stereocenters. The highest BCUT2D eigenvalue weighted by molar-refractivity contribution is 8.18. The second kappa shape index (κ2) is 13.1. The number of benzene rings is 2. The first-order chi connectivity index (χ1) is 21.2. The van der Waals surface area contributed by atoms with Gasteiger partial charge in [0.05, 0.1) is 28.7 Å². The molecule has 1 N–H and O–H groups in total. The van der Waals surface area contributed by atoms with Gasteiger partial charge < -0.3 is 10.1 Å². The minimum atomic E-state index is -4.56. The lowest BCUT2D eigenvalue weighted by molar-refractivity contribution is -0.138. The Labute approximate surface area is 268 Å². The van der Waals surface area contributed by atoms with Crippen molar-refractivity contribution in [1.82, 2.24) is 20.0 Å². The number of carbonyl (C=O) groups excluding carboxylic acids is 3. The number of nitrogens with one attached hydrogen (secondary N) is 1. The summed E-state index contributed by atoms with van der Waals surface area (Å²) in [4.78, 5) is 39.6. The molecule has 0 unspecified atom stereocenters. The molecule has 8 nitrogen and oxygen atoms in total. The molecule has 3 aromatic rings. The highest BCUT2D eigenvalue weighted by Gasteiger charge is 2.37. The predicted octanol–water partition coefficient (Wildman–Crippen LogP) is 8.12. The Morgan fingerprint density at radius 3 is 2.49 bits per heavy atom. The molecule has 1 aliphatic heterocycles. The summed E-state index contributed by atoms with van der Waals surface area (Å²) < 4.78 is 47.5. The van der Waals surface area contributed by atoms with Crippen LogP contribution < -0.4 is 5.32 Å². The number of alkyl carbamates (subject to hydrolysis) is 1. The minimum absolute atomic E-state index is 0.00234. The number of hydrogen-bond acceptors (Lipinski definition) is 6. The van der Waals surface area contributed by atoms with E-state index in [2.05, 4.69) is 10.4 Å². The van der Waals surface area contributed by atoms with Gasteiger partial charge in [0.15, 0.2) is 0 Å². The van der Waals surface area contributed by atoms with E-state index in [1.807, 2.05) is 20.8 Å². The molecule has 2 heterocycles. The lowest BCUT2D eigenvalue weighted by Gasteiger charge is -2.30. The zero-order chi connectivity index (χ0) is 32.5. The second-order valence-corrected chi connectivity index (χ2v) is 13.9. The first kappa shape index (κ1) is 32.9. The molecule has 13 heteroatoms. The number of aromatic nitrogens is 2. The number of halogens is 4. The highest BCUT2D eigenvalue weighted by Crippen LogP contribution is 2.37. The number of fused-ring (bicyclic) bond motifs is 1. The zero-order valence-corrected chi connectivity index (χ0v) is 26.7. The average molecular weight is 663 g/mol. The number of carbonyl (C=O) groups is 3. The van der Waals surface area contributed by atoms with Gasteiger partial charge in [-0.05, 0) is 112 Å². The highest BCUT2D eigenvalue weighted by atomic mass is 35.5. The van der Waals surface area contributed by atoms with Crippen LogP contribution in [0.4, 0.5) is 22.8 Å². The molecule has 0 spiro atoms. The van der Waals surface area contributed by atoms with E-state index in [4.69, 9.17) is 16.3 Å². The third-order valence-corrected chi connectivity index (χ3v) is 9.02. The molecule has 0 bridgehead atoms. The number of rotatable bonds is 7. The summed E-state index contributed by atoms with van der Waals surface area (Å²) in [5.74, 6) is 0.175. The first-order valence-electron chi connectivity index (χ1n) is 14.7. The fourth-order valence-electron chi connectivity index (χ4n) is 5.66. The molecule has 1 saturated heterocycles. The predicted molar refractivity (Wildman–Crippen MR) is 168 cm³/mol. The van der Waals surface area contributed by atoms with Crippen molar-refractivity contribution in [2.24, 2.45) is 11.8 Å². The van der Waals surface area contributed by atoms with E-state index in [-0.39, 0.29) is 34.2 Å². The summed E-state index contributed by atoms with van der Waals surface area (Å²) in [5.41, 5.74) is -0.0213. The summed E-state index contributed by atoms with van der Waals surface area (Å²) in [6.45, 7) is 6.23. The van der Waals surface area contributed by atoms with Gasteiger partial charge >= 0.3 is 12.3 Å². The van der Waals surface area contributed by atoms with Crippen LogP contribution >= 0.6 is 23.4 Å². The Morgan fingerprint density at radius 2 is 1.80 bits per heavy atom. The molecular weight excluding hydrogens is 629 g/mol. The van der Waals surface area contributed by atoms with Gasteiger partial charge in [-0.15, -0.1) is 0 Å². The van der Waals surface area contributed by atoms with Crippen molar-refractivity contribution in [3.05, 3.63) is 69.2 Å². The fourth-order valence-corrected chi connectivity index (χ4v) is 6.68. The molecule has 2 aliphatic rings. The number of amides is 3. The maximum Gasteiger partial charge on any atom is 0.416 e. The third kappa shape index (κ3) is 8.21. The third-order valence-electron chi connectivity index (χ3n) is 7.88. The van der Waals surface area contributed by atoms with Gasteiger partial charge in [0, 0.05) is 23.5 Å². The van der Waals surface area contributed by atoms with Crippen molar-refractivity contribution in [1.29, 1.82) is 0 Å². The zero-order valence-electron chi connectivity index (χ0n) is 25.1. The standard InChI is InChI=1S/C32H34ClF3N4O4S/c1-31(2,3)44-29(42)37-15-19-4-6-20(7-5-19)17-39-28(41)27(45-30(39)43)13-21-8-11-26-23(12-21)16-38-40(26)18-22-9-10-24(33)14-25(22)32(34,35)36/h8-14,16,19-20H,4-7,15,17-18H2,1-3H3,(H,37,42)/b27-13+. The maximum absolute atomic E-state index is 13.6. The number of alkyl halides is 3. The van der Waals surface area contributed by atoms with E-state index in [9.17, 15) is 27.6 Å². The van der Waals surface area contributed by atoms with Gasteiger partial charge in [0.25, 0.3) is 11.1 Å². The second-order valence-electron chi connectivity index (χ2n) is 12.5. The molecule has 45 heavy (non-hydrogen) atoms. The van der Waals surface area contributed by atoms with E-state index >= 15 is 0 Å². The van der Waals surface area contributed by atoms with Gasteiger partial charge in [-0.2, -0.15) is 18.3 Å². The largest absolute Gasteiger partial charge is 0.444 e. The Hall–Kier alpha value is -3.51. The van der Waals surface area contributed by atoms with Crippen LogP contribution in [0, 0.1) is 11.8 Å². The summed E-state index contributed by atoms with van der Waals surface area (Å²) in [7, 11) is 0. The van der Waals surface area contributed by atoms with Crippen molar-refractivity contribution in [3.8, 4) is 0 Å². The quantitative estimate of drug-likeness (QED) is 0.257. The van der Waals surface area contributed by atoms with Gasteiger partial charge in [0.2, 0.25) is 0 Å². The number of imide groups is 1. The van der Waals surface area contributed by atoms with Gasteiger partial charge in [-0.3, -0.25) is 19.2 Å². The summed E-state index contributed by atoms with van der Waals surface area (Å²) >= 11 is 6.71. The van der Waals surface area contributed by atoms with Crippen LogP contribution in [0.2, 0.25) is 5.02 Å². The van der Waals surface area contributed by atoms with E-state index in [0.29, 0.717) is 40.4 Å². The molecule has 5 rings (SSSR count). The van der Waals surface area contributed by atoms with Crippen LogP contribution in [0.25, 0.3) is 17.0 Å². The van der Waals surface area contributed by atoms with Crippen molar-refractivity contribution < 1.29 is 32.3 Å². The summed E-state index contributed by atoms with van der Waals surface area (Å²) in [6.07, 6.45) is 1.69. The lowest BCUT2D eigenvalue weighted by Crippen LogP contribution is -2.38. The Bertz CT molecular complexity index is 1640. The van der Waals surface area contributed by atoms with Crippen LogP contribution in [0.5, 0.6) is 0 Å². The van der Waals surface area contributed by atoms with Crippen LogP contribution in [0.1, 0.15) is 63.1 Å². The van der Waals surface area contributed by atoms with Gasteiger partial charge in [-0.25, -0.2) is 4.79 Å². The number of hydrogen-bond donors (Lipinski definition) is 1. The van der Waals surface area contributed by atoms with Crippen LogP contribution in [0.3, 0.4) is 0 Å². The lowest BCUT2D eigenvalue weighted by atomic mass is 9.81. The van der Waals surface area contributed by atoms with Crippen molar-refractivity contribution in [2.45, 2.75) is 64.8 Å². The maximum atomic E-state index is 13.6. The van der Waals surface area contributed by atoms with E-state index < -0.39 is 23.4 Å². The monoisotopic (exact) mass is 662 g/mol. The fraction of sp³-hybridized carbons (Fsp3) is 0.438. The van der Waals surface area contributed by atoms with Crippen molar-refractivity contribution >= 4 is 57.6 Å². The SMILES string of the molecule is CC(C)(C)OC(=O)NCC1CCC(CN2C(=O)S/C(=C/c3ccc4c(cnn4Cc4ccc(Cl)cc4C(F)(F)F)c3)C2=O)CC1.